The molecule has 0 saturated carbocycles. The molecule has 0 unspecified atom stereocenters. The number of rotatable bonds is 7. The van der Waals surface area contributed by atoms with Crippen LogP contribution in [0.2, 0.25) is 0 Å². The average molecular weight is 476 g/mol. The number of morpholine rings is 1. The second-order valence-corrected chi connectivity index (χ2v) is 9.21. The zero-order valence-electron chi connectivity index (χ0n) is 18.6. The van der Waals surface area contributed by atoms with Gasteiger partial charge in [0.25, 0.3) is 5.56 Å². The minimum atomic E-state index is -0.264. The number of para-hydroxylation sites is 2. The van der Waals surface area contributed by atoms with Gasteiger partial charge in [-0.15, -0.1) is 0 Å². The number of fused-ring (bicyclic) bond motifs is 1. The Kier molecular flexibility index (Phi) is 6.75. The van der Waals surface area contributed by atoms with E-state index < -0.39 is 0 Å². The molecule has 0 radical (unpaired) electrons. The number of H-pyrrole nitrogens is 1. The predicted octanol–water partition coefficient (Wildman–Crippen LogP) is 3.45. The molecule has 0 spiro atoms. The molecule has 1 amide bonds. The highest BCUT2D eigenvalue weighted by molar-refractivity contribution is 7.16. The van der Waals surface area contributed by atoms with Gasteiger partial charge in [0, 0.05) is 42.9 Å². The largest absolute Gasteiger partial charge is 0.379 e. The number of aryl methyl sites for hydroxylation is 1. The molecule has 1 saturated heterocycles. The summed E-state index contributed by atoms with van der Waals surface area (Å²) in [5, 5.41) is 3.48. The van der Waals surface area contributed by atoms with Crippen LogP contribution in [0.15, 0.2) is 59.4 Å². The number of hydrogen-bond donors (Lipinski definition) is 2. The Labute approximate surface area is 200 Å². The third-order valence-electron chi connectivity index (χ3n) is 5.72. The summed E-state index contributed by atoms with van der Waals surface area (Å²) in [5.41, 5.74) is 3.39. The topological polar surface area (TPSA) is 100 Å². The third kappa shape index (κ3) is 5.22. The number of ether oxygens (including phenoxy) is 1. The van der Waals surface area contributed by atoms with E-state index in [2.05, 4.69) is 20.2 Å². The van der Waals surface area contributed by atoms with Crippen molar-refractivity contribution in [1.29, 1.82) is 0 Å². The Morgan fingerprint density at radius 2 is 1.82 bits per heavy atom. The van der Waals surface area contributed by atoms with Crippen LogP contribution >= 0.6 is 11.3 Å². The summed E-state index contributed by atoms with van der Waals surface area (Å²) in [4.78, 5) is 40.5. The first kappa shape index (κ1) is 22.4. The molecule has 4 aromatic rings. The number of amides is 1. The van der Waals surface area contributed by atoms with Gasteiger partial charge in [0.05, 0.1) is 29.9 Å². The second-order valence-electron chi connectivity index (χ2n) is 8.12. The zero-order valence-corrected chi connectivity index (χ0v) is 19.4. The molecule has 9 heteroatoms. The Bertz CT molecular complexity index is 1350. The van der Waals surface area contributed by atoms with Crippen molar-refractivity contribution in [3.63, 3.8) is 0 Å². The van der Waals surface area contributed by atoms with E-state index in [9.17, 15) is 9.59 Å². The average Bonchev–Trinajstić information content (AvgIpc) is 3.25. The van der Waals surface area contributed by atoms with Gasteiger partial charge in [-0.1, -0.05) is 53.8 Å². The Balaban J connectivity index is 1.30. The van der Waals surface area contributed by atoms with Crippen LogP contribution in [0.1, 0.15) is 17.0 Å². The molecule has 1 aliphatic rings. The van der Waals surface area contributed by atoms with Gasteiger partial charge in [0.15, 0.2) is 5.13 Å². The number of anilines is 1. The van der Waals surface area contributed by atoms with Gasteiger partial charge < -0.3 is 15.0 Å². The molecule has 0 atom stereocenters. The van der Waals surface area contributed by atoms with Crippen LogP contribution in [0.4, 0.5) is 5.13 Å². The first-order valence-corrected chi connectivity index (χ1v) is 12.1. The molecule has 1 fully saturated rings. The normalized spacial score (nSPS) is 14.4. The summed E-state index contributed by atoms with van der Waals surface area (Å²) in [6.45, 7) is 3.97. The van der Waals surface area contributed by atoms with Crippen LogP contribution in [0.5, 0.6) is 0 Å². The highest BCUT2D eigenvalue weighted by Crippen LogP contribution is 2.32. The molecule has 1 aliphatic heterocycles. The van der Waals surface area contributed by atoms with Crippen molar-refractivity contribution >= 4 is 33.4 Å². The molecule has 0 bridgehead atoms. The molecule has 174 valence electrons. The molecular weight excluding hydrogens is 450 g/mol. The minimum Gasteiger partial charge on any atom is -0.379 e. The van der Waals surface area contributed by atoms with Crippen LogP contribution < -0.4 is 10.9 Å². The van der Waals surface area contributed by atoms with E-state index in [0.29, 0.717) is 21.9 Å². The smallest absolute Gasteiger partial charge is 0.270 e. The number of aromatic nitrogens is 3. The lowest BCUT2D eigenvalue weighted by Crippen LogP contribution is -2.35. The Morgan fingerprint density at radius 3 is 2.65 bits per heavy atom. The van der Waals surface area contributed by atoms with Crippen molar-refractivity contribution in [3.05, 3.63) is 75.5 Å². The first-order chi connectivity index (χ1) is 16.7. The van der Waals surface area contributed by atoms with E-state index in [1.54, 1.807) is 0 Å². The lowest BCUT2D eigenvalue weighted by Gasteiger charge is -2.26. The van der Waals surface area contributed by atoms with Gasteiger partial charge >= 0.3 is 0 Å². The van der Waals surface area contributed by atoms with Crippen molar-refractivity contribution < 1.29 is 9.53 Å². The molecule has 0 aliphatic carbocycles. The summed E-state index contributed by atoms with van der Waals surface area (Å²) in [6, 6.07) is 17.4. The van der Waals surface area contributed by atoms with E-state index in [-0.39, 0.29) is 24.3 Å². The van der Waals surface area contributed by atoms with Crippen LogP contribution in [0, 0.1) is 0 Å². The monoisotopic (exact) mass is 475 g/mol. The van der Waals surface area contributed by atoms with E-state index in [0.717, 1.165) is 49.0 Å². The number of thiazole rings is 1. The molecule has 2 aromatic carbocycles. The van der Waals surface area contributed by atoms with E-state index in [1.807, 2.05) is 54.6 Å². The zero-order chi connectivity index (χ0) is 23.3. The molecule has 3 heterocycles. The Hall–Kier alpha value is -3.40. The quantitative estimate of drug-likeness (QED) is 0.425. The second kappa shape index (κ2) is 10.3. The fraction of sp³-hybridized carbons (Fsp3) is 0.280. The predicted molar refractivity (Wildman–Crippen MR) is 133 cm³/mol. The summed E-state index contributed by atoms with van der Waals surface area (Å²) < 4.78 is 5.47. The van der Waals surface area contributed by atoms with Gasteiger partial charge in [-0.3, -0.25) is 14.5 Å². The molecule has 5 rings (SSSR count). The number of benzene rings is 2. The number of nitrogens with zero attached hydrogens (tertiary/aromatic N) is 3. The molecular formula is C25H25N5O3S. The van der Waals surface area contributed by atoms with Gasteiger partial charge in [-0.2, -0.15) is 0 Å². The van der Waals surface area contributed by atoms with Crippen LogP contribution in [-0.2, 0) is 22.5 Å². The summed E-state index contributed by atoms with van der Waals surface area (Å²) in [6.07, 6.45) is 0.400. The molecule has 34 heavy (non-hydrogen) atoms. The number of carbonyl (C=O) groups excluding carboxylic acids is 1. The van der Waals surface area contributed by atoms with Crippen LogP contribution in [0.3, 0.4) is 0 Å². The van der Waals surface area contributed by atoms with Crippen molar-refractivity contribution in [1.82, 2.24) is 19.9 Å². The van der Waals surface area contributed by atoms with Crippen molar-refractivity contribution in [3.8, 4) is 11.3 Å². The molecule has 2 N–H and O–H groups in total. The van der Waals surface area contributed by atoms with Crippen LogP contribution in [0.25, 0.3) is 22.3 Å². The molecule has 8 nitrogen and oxygen atoms in total. The van der Waals surface area contributed by atoms with Gasteiger partial charge in [0.2, 0.25) is 5.91 Å². The van der Waals surface area contributed by atoms with Crippen molar-refractivity contribution in [2.24, 2.45) is 0 Å². The number of nitrogens with one attached hydrogen (secondary N) is 2. The molecule has 2 aromatic heterocycles. The van der Waals surface area contributed by atoms with Gasteiger partial charge in [0.1, 0.15) is 5.69 Å². The fourth-order valence-corrected chi connectivity index (χ4v) is 4.99. The maximum Gasteiger partial charge on any atom is 0.270 e. The van der Waals surface area contributed by atoms with Gasteiger partial charge in [-0.25, -0.2) is 9.97 Å². The minimum absolute atomic E-state index is 0.146. The van der Waals surface area contributed by atoms with E-state index >= 15 is 0 Å². The number of aromatic amines is 1. The number of hydrogen-bond acceptors (Lipinski definition) is 7. The summed E-state index contributed by atoms with van der Waals surface area (Å²) >= 11 is 1.49. The summed E-state index contributed by atoms with van der Waals surface area (Å²) in [5.74, 6) is -0.194. The lowest BCUT2D eigenvalue weighted by molar-refractivity contribution is -0.116. The maximum atomic E-state index is 12.7. The van der Waals surface area contributed by atoms with Crippen molar-refractivity contribution in [2.75, 3.05) is 31.6 Å². The Morgan fingerprint density at radius 1 is 1.06 bits per heavy atom. The fourth-order valence-electron chi connectivity index (χ4n) is 3.95. The maximum absolute atomic E-state index is 12.7. The van der Waals surface area contributed by atoms with Crippen molar-refractivity contribution in [2.45, 2.75) is 19.4 Å². The van der Waals surface area contributed by atoms with E-state index in [1.165, 1.54) is 11.3 Å². The van der Waals surface area contributed by atoms with E-state index in [4.69, 9.17) is 9.72 Å². The highest BCUT2D eigenvalue weighted by atomic mass is 32.1. The first-order valence-electron chi connectivity index (χ1n) is 11.3. The van der Waals surface area contributed by atoms with Crippen LogP contribution in [-0.4, -0.2) is 52.1 Å². The summed E-state index contributed by atoms with van der Waals surface area (Å²) in [7, 11) is 0. The van der Waals surface area contributed by atoms with Gasteiger partial charge in [-0.05, 0) is 12.1 Å². The SMILES string of the molecule is O=C(CCc1nc2ccccc2[nH]c1=O)Nc1nc(-c2ccccc2)c(CN2CCOCC2)s1. The lowest BCUT2D eigenvalue weighted by atomic mass is 10.1. The number of carbonyl (C=O) groups is 1. The third-order valence-corrected chi connectivity index (χ3v) is 6.68. The standard InChI is InChI=1S/C25H25N5O3S/c31-22(11-10-20-24(32)27-19-9-5-4-8-18(19)26-20)28-25-29-23(17-6-2-1-3-7-17)21(34-25)16-30-12-14-33-15-13-30/h1-9H,10-16H2,(H,27,32)(H,28,29,31). The highest BCUT2D eigenvalue weighted by Gasteiger charge is 2.19.